The van der Waals surface area contributed by atoms with Crippen LogP contribution in [-0.2, 0) is 4.74 Å². The molecule has 196 valence electrons. The van der Waals surface area contributed by atoms with Crippen molar-refractivity contribution in [1.29, 1.82) is 0 Å². The van der Waals surface area contributed by atoms with Gasteiger partial charge >= 0.3 is 0 Å². The fourth-order valence-corrected chi connectivity index (χ4v) is 3.03. The maximum absolute atomic E-state index is 9.28. The summed E-state index contributed by atoms with van der Waals surface area (Å²) in [6, 6.07) is 26.7. The van der Waals surface area contributed by atoms with Gasteiger partial charge < -0.3 is 34.6 Å². The summed E-state index contributed by atoms with van der Waals surface area (Å²) in [6.45, 7) is 7.43. The van der Waals surface area contributed by atoms with Crippen LogP contribution in [0.2, 0.25) is 0 Å². The highest BCUT2D eigenvalue weighted by atomic mass is 16.7. The minimum Gasteiger partial charge on any atom is -0.508 e. The van der Waals surface area contributed by atoms with E-state index in [4.69, 9.17) is 24.4 Å². The Morgan fingerprint density at radius 1 is 0.541 bits per heavy atom. The predicted molar refractivity (Wildman–Crippen MR) is 144 cm³/mol. The van der Waals surface area contributed by atoms with Gasteiger partial charge in [-0.25, -0.2) is 0 Å². The summed E-state index contributed by atoms with van der Waals surface area (Å²) in [7, 11) is 0. The first-order valence-corrected chi connectivity index (χ1v) is 11.9. The molecule has 4 N–H and O–H groups in total. The summed E-state index contributed by atoms with van der Waals surface area (Å²) < 4.78 is 15.8. The molecule has 0 heterocycles. The maximum atomic E-state index is 9.28. The van der Waals surface area contributed by atoms with Gasteiger partial charge in [-0.15, -0.1) is 0 Å². The highest BCUT2D eigenvalue weighted by Crippen LogP contribution is 2.25. The van der Waals surface area contributed by atoms with Gasteiger partial charge in [-0.05, 0) is 97.8 Å². The molecule has 0 saturated heterocycles. The Hall–Kier alpha value is -4.36. The largest absolute Gasteiger partial charge is 0.508 e. The highest BCUT2D eigenvalue weighted by Gasteiger charge is 2.05. The van der Waals surface area contributed by atoms with Crippen molar-refractivity contribution in [2.45, 2.75) is 27.1 Å². The van der Waals surface area contributed by atoms with E-state index in [2.05, 4.69) is 0 Å². The molecule has 0 amide bonds. The molecule has 0 fully saturated rings. The van der Waals surface area contributed by atoms with Crippen LogP contribution in [0.5, 0.6) is 34.5 Å². The molecule has 7 nitrogen and oxygen atoms in total. The molecular weight excluding hydrogens is 472 g/mol. The zero-order valence-corrected chi connectivity index (χ0v) is 21.2. The van der Waals surface area contributed by atoms with Crippen LogP contribution in [-0.4, -0.2) is 39.9 Å². The Bertz CT molecular complexity index is 1080. The Morgan fingerprint density at radius 3 is 1.22 bits per heavy atom. The average Bonchev–Trinajstić information content (AvgIpc) is 2.88. The molecule has 7 heteroatoms. The average molecular weight is 507 g/mol. The van der Waals surface area contributed by atoms with Gasteiger partial charge in [-0.2, -0.15) is 0 Å². The highest BCUT2D eigenvalue weighted by molar-refractivity contribution is 5.66. The van der Waals surface area contributed by atoms with Crippen LogP contribution in [0, 0.1) is 0 Å². The smallest absolute Gasteiger partial charge is 0.238 e. The van der Waals surface area contributed by atoms with Crippen molar-refractivity contribution in [2.24, 2.45) is 0 Å². The van der Waals surface area contributed by atoms with E-state index in [0.29, 0.717) is 11.5 Å². The number of hydrogen-bond donors (Lipinski definition) is 4. The third kappa shape index (κ3) is 11.3. The molecule has 4 aromatic carbocycles. The third-order valence-corrected chi connectivity index (χ3v) is 4.71. The van der Waals surface area contributed by atoms with Gasteiger partial charge in [-0.1, -0.05) is 24.3 Å². The Kier molecular flexibility index (Phi) is 12.2. The first-order valence-electron chi connectivity index (χ1n) is 11.9. The minimum atomic E-state index is -0.473. The Balaban J connectivity index is 0.000000225. The second kappa shape index (κ2) is 15.6. The van der Waals surface area contributed by atoms with Gasteiger partial charge in [0.25, 0.3) is 0 Å². The van der Waals surface area contributed by atoms with E-state index in [-0.39, 0.29) is 23.0 Å². The number of phenols is 4. The molecule has 0 unspecified atom stereocenters. The predicted octanol–water partition coefficient (Wildman–Crippen LogP) is 6.71. The maximum Gasteiger partial charge on any atom is 0.238 e. The van der Waals surface area contributed by atoms with E-state index in [1.807, 2.05) is 26.0 Å². The molecule has 0 saturated carbocycles. The lowest BCUT2D eigenvalue weighted by Crippen LogP contribution is -2.19. The number of benzene rings is 4. The van der Waals surface area contributed by atoms with Crippen molar-refractivity contribution in [2.75, 3.05) is 13.2 Å². The molecule has 0 radical (unpaired) electrons. The van der Waals surface area contributed by atoms with Crippen molar-refractivity contribution in [1.82, 2.24) is 0 Å². The van der Waals surface area contributed by atoms with Crippen molar-refractivity contribution in [3.63, 3.8) is 0 Å². The molecular formula is C30H34O7. The topological polar surface area (TPSA) is 109 Å². The minimum absolute atomic E-state index is 0.189. The van der Waals surface area contributed by atoms with E-state index in [0.717, 1.165) is 24.3 Å². The Labute approximate surface area is 217 Å². The molecule has 0 aromatic heterocycles. The van der Waals surface area contributed by atoms with Gasteiger partial charge in [0.05, 0.1) is 0 Å². The van der Waals surface area contributed by atoms with Crippen LogP contribution < -0.4 is 9.47 Å². The second-order valence-electron chi connectivity index (χ2n) is 7.67. The van der Waals surface area contributed by atoms with Crippen LogP contribution in [0.3, 0.4) is 0 Å². The summed E-state index contributed by atoms with van der Waals surface area (Å²) in [5.41, 5.74) is 1.78. The lowest BCUT2D eigenvalue weighted by atomic mass is 10.1. The van der Waals surface area contributed by atoms with E-state index >= 15 is 0 Å². The number of aromatic hydroxyl groups is 4. The van der Waals surface area contributed by atoms with E-state index in [1.165, 1.54) is 0 Å². The number of phenolic OH excluding ortho intramolecular Hbond substituents is 4. The van der Waals surface area contributed by atoms with Crippen LogP contribution in [0.1, 0.15) is 20.8 Å². The molecule has 37 heavy (non-hydrogen) atoms. The van der Waals surface area contributed by atoms with E-state index in [1.54, 1.807) is 91.9 Å². The summed E-state index contributed by atoms with van der Waals surface area (Å²) >= 11 is 0. The van der Waals surface area contributed by atoms with Gasteiger partial charge in [0.15, 0.2) is 0 Å². The third-order valence-electron chi connectivity index (χ3n) is 4.71. The lowest BCUT2D eigenvalue weighted by Gasteiger charge is -2.16. The van der Waals surface area contributed by atoms with Crippen molar-refractivity contribution in [3.05, 3.63) is 97.1 Å². The molecule has 0 bridgehead atoms. The van der Waals surface area contributed by atoms with E-state index < -0.39 is 6.29 Å². The van der Waals surface area contributed by atoms with Gasteiger partial charge in [0.2, 0.25) is 6.29 Å². The zero-order chi connectivity index (χ0) is 27.0. The quantitative estimate of drug-likeness (QED) is 0.206. The monoisotopic (exact) mass is 506 g/mol. The fraction of sp³-hybridized carbons (Fsp3) is 0.200. The SMILES string of the molecule is CC(Oc1ccc(O)cc1)Oc1ccc(O)cc1.CCOCC.Oc1cccc(-c2cccc(O)c2)c1. The molecule has 0 aliphatic rings. The Morgan fingerprint density at radius 2 is 0.919 bits per heavy atom. The summed E-state index contributed by atoms with van der Waals surface area (Å²) in [5, 5.41) is 36.8. The van der Waals surface area contributed by atoms with Gasteiger partial charge in [0.1, 0.15) is 34.5 Å². The van der Waals surface area contributed by atoms with Crippen molar-refractivity contribution in [3.8, 4) is 45.6 Å². The van der Waals surface area contributed by atoms with Crippen LogP contribution in [0.25, 0.3) is 11.1 Å². The molecule has 0 spiro atoms. The van der Waals surface area contributed by atoms with E-state index in [9.17, 15) is 10.2 Å². The zero-order valence-electron chi connectivity index (χ0n) is 21.2. The van der Waals surface area contributed by atoms with Gasteiger partial charge in [-0.3, -0.25) is 0 Å². The van der Waals surface area contributed by atoms with Gasteiger partial charge in [0, 0.05) is 20.1 Å². The molecule has 0 atom stereocenters. The normalized spacial score (nSPS) is 9.95. The van der Waals surface area contributed by atoms with Crippen LogP contribution in [0.15, 0.2) is 97.1 Å². The molecule has 4 rings (SSSR count). The lowest BCUT2D eigenvalue weighted by molar-refractivity contribution is 0.0222. The second-order valence-corrected chi connectivity index (χ2v) is 7.67. The molecule has 0 aliphatic heterocycles. The first kappa shape index (κ1) is 28.9. The van der Waals surface area contributed by atoms with Crippen molar-refractivity contribution >= 4 is 0 Å². The molecule has 4 aromatic rings. The van der Waals surface area contributed by atoms with Crippen LogP contribution >= 0.6 is 0 Å². The van der Waals surface area contributed by atoms with Crippen molar-refractivity contribution < 1.29 is 34.6 Å². The number of rotatable bonds is 7. The summed E-state index contributed by atoms with van der Waals surface area (Å²) in [6.07, 6.45) is -0.473. The number of hydrogen-bond acceptors (Lipinski definition) is 7. The summed E-state index contributed by atoms with van der Waals surface area (Å²) in [5.74, 6) is 2.05. The first-order chi connectivity index (χ1) is 17.8. The summed E-state index contributed by atoms with van der Waals surface area (Å²) in [4.78, 5) is 0. The number of ether oxygens (including phenoxy) is 3. The molecule has 0 aliphatic carbocycles. The fourth-order valence-electron chi connectivity index (χ4n) is 3.03. The van der Waals surface area contributed by atoms with Crippen LogP contribution in [0.4, 0.5) is 0 Å². The standard InChI is InChI=1S/C14H14O4.C12H10O2.C4H10O/c1-10(17-13-6-2-11(15)3-7-13)18-14-8-4-12(16)5-9-14;13-11-5-1-3-9(7-11)10-4-2-6-12(14)8-10;1-3-5-4-2/h2-10,15-16H,1H3;1-8,13-14H;3-4H2,1-2H3.